The number of nitrogens with zero attached hydrogens (tertiary/aromatic N) is 1. The van der Waals surface area contributed by atoms with Gasteiger partial charge in [0.05, 0.1) is 23.0 Å². The predicted octanol–water partition coefficient (Wildman–Crippen LogP) is 5.13. The van der Waals surface area contributed by atoms with Gasteiger partial charge in [-0.2, -0.15) is 0 Å². The van der Waals surface area contributed by atoms with Crippen molar-refractivity contribution in [2.24, 2.45) is 17.8 Å². The normalized spacial score (nSPS) is 25.2. The minimum Gasteiger partial charge on any atom is -0.508 e. The maximum atomic E-state index is 13.2. The summed E-state index contributed by atoms with van der Waals surface area (Å²) in [5.41, 5.74) is 3.93. The number of hydrogen-bond donors (Lipinski definition) is 2. The molecule has 2 amide bonds. The minimum absolute atomic E-state index is 0.115. The van der Waals surface area contributed by atoms with Gasteiger partial charge in [0, 0.05) is 7.05 Å². The number of phenols is 1. The maximum Gasteiger partial charge on any atom is 0.455 e. The lowest BCUT2D eigenvalue weighted by atomic mass is 9.58. The zero-order valence-corrected chi connectivity index (χ0v) is 22.9. The number of carbonyl (C=O) groups is 2. The molecule has 0 radical (unpaired) electrons. The highest BCUT2D eigenvalue weighted by atomic mass is 35.5. The Hall–Kier alpha value is -3.07. The van der Waals surface area contributed by atoms with Gasteiger partial charge in [0.25, 0.3) is 0 Å². The van der Waals surface area contributed by atoms with Crippen molar-refractivity contribution < 1.29 is 29.1 Å². The Morgan fingerprint density at radius 2 is 1.95 bits per heavy atom. The Balaban J connectivity index is 1.45. The minimum atomic E-state index is -1.02. The number of carbonyl (C=O) groups excluding carboxylic acids is 2. The molecule has 0 saturated carbocycles. The standard InChI is InChI=1S/C30H33BClNO6/c1-3-18(13-19-10-11-21(34)15-25(19)32)9-12-26-27-20(17-38-22-7-5-4-6-8-22)14-23-28(24(27)16-31(37)39-26)30(36)33(2)29(23)35/h4-8,10-11,13,15,23-24,26,28,34,37H,3,9,12,14,16-17H2,1-2H3/b18-13+/t23-,24+,26-,28-/m1/s1. The summed E-state index contributed by atoms with van der Waals surface area (Å²) < 4.78 is 12.2. The first kappa shape index (κ1) is 27.5. The van der Waals surface area contributed by atoms with E-state index in [0.29, 0.717) is 30.9 Å². The van der Waals surface area contributed by atoms with Crippen LogP contribution in [-0.2, 0) is 14.2 Å². The molecule has 2 aromatic rings. The van der Waals surface area contributed by atoms with E-state index in [4.69, 9.17) is 21.0 Å². The summed E-state index contributed by atoms with van der Waals surface area (Å²) in [6.07, 6.45) is 4.41. The van der Waals surface area contributed by atoms with Crippen LogP contribution in [0.2, 0.25) is 11.3 Å². The molecule has 9 heteroatoms. The zero-order valence-electron chi connectivity index (χ0n) is 22.2. The van der Waals surface area contributed by atoms with Crippen molar-refractivity contribution in [2.75, 3.05) is 13.7 Å². The molecule has 2 aromatic carbocycles. The van der Waals surface area contributed by atoms with E-state index in [1.165, 1.54) is 11.0 Å². The number of allylic oxidation sites excluding steroid dienone is 1. The van der Waals surface area contributed by atoms with Crippen LogP contribution >= 0.6 is 11.6 Å². The molecule has 4 atom stereocenters. The first-order valence-electron chi connectivity index (χ1n) is 13.5. The number of hydrogen-bond acceptors (Lipinski definition) is 6. The van der Waals surface area contributed by atoms with E-state index in [-0.39, 0.29) is 29.8 Å². The fraction of sp³-hybridized carbons (Fsp3) is 0.400. The highest BCUT2D eigenvalue weighted by Crippen LogP contribution is 2.50. The molecule has 2 heterocycles. The number of rotatable bonds is 8. The van der Waals surface area contributed by atoms with Crippen LogP contribution in [0.15, 0.2) is 65.3 Å². The number of aromatic hydroxyl groups is 1. The van der Waals surface area contributed by atoms with Crippen LogP contribution in [0, 0.1) is 17.8 Å². The first-order valence-corrected chi connectivity index (χ1v) is 13.9. The maximum absolute atomic E-state index is 13.2. The Morgan fingerprint density at radius 3 is 2.67 bits per heavy atom. The van der Waals surface area contributed by atoms with Crippen LogP contribution in [0.25, 0.3) is 6.08 Å². The van der Waals surface area contributed by atoms with Crippen molar-refractivity contribution in [1.29, 1.82) is 0 Å². The van der Waals surface area contributed by atoms with Gasteiger partial charge in [0.15, 0.2) is 0 Å². The molecule has 7 nitrogen and oxygen atoms in total. The third kappa shape index (κ3) is 5.64. The van der Waals surface area contributed by atoms with Gasteiger partial charge in [0.1, 0.15) is 18.1 Å². The molecule has 0 bridgehead atoms. The van der Waals surface area contributed by atoms with Gasteiger partial charge >= 0.3 is 7.12 Å². The summed E-state index contributed by atoms with van der Waals surface area (Å²) in [5, 5.41) is 20.9. The number of imide groups is 1. The van der Waals surface area contributed by atoms with Gasteiger partial charge in [-0.1, -0.05) is 48.4 Å². The summed E-state index contributed by atoms with van der Waals surface area (Å²) in [6.45, 7) is 2.36. The van der Waals surface area contributed by atoms with Crippen molar-refractivity contribution in [3.05, 3.63) is 75.8 Å². The van der Waals surface area contributed by atoms with Gasteiger partial charge in [-0.15, -0.1) is 0 Å². The number of phenolic OH excluding ortho intramolecular Hbond substituents is 1. The van der Waals surface area contributed by atoms with Crippen LogP contribution in [0.3, 0.4) is 0 Å². The molecule has 2 fully saturated rings. The van der Waals surface area contributed by atoms with E-state index in [9.17, 15) is 19.7 Å². The number of amides is 2. The monoisotopic (exact) mass is 549 g/mol. The molecule has 5 rings (SSSR count). The molecule has 3 aliphatic rings. The van der Waals surface area contributed by atoms with Crippen LogP contribution in [0.1, 0.15) is 38.2 Å². The van der Waals surface area contributed by atoms with E-state index in [2.05, 4.69) is 6.92 Å². The van der Waals surface area contributed by atoms with Crippen LogP contribution in [-0.4, -0.2) is 53.7 Å². The average Bonchev–Trinajstić information content (AvgIpc) is 3.14. The lowest BCUT2D eigenvalue weighted by Crippen LogP contribution is -2.46. The second kappa shape index (κ2) is 11.6. The van der Waals surface area contributed by atoms with Crippen LogP contribution in [0.4, 0.5) is 0 Å². The van der Waals surface area contributed by atoms with Crippen LogP contribution < -0.4 is 4.74 Å². The smallest absolute Gasteiger partial charge is 0.455 e. The lowest BCUT2D eigenvalue weighted by molar-refractivity contribution is -0.138. The highest BCUT2D eigenvalue weighted by molar-refractivity contribution is 6.43. The van der Waals surface area contributed by atoms with Crippen molar-refractivity contribution in [3.63, 3.8) is 0 Å². The molecule has 0 unspecified atom stereocenters. The largest absolute Gasteiger partial charge is 0.508 e. The Bertz CT molecular complexity index is 1310. The highest BCUT2D eigenvalue weighted by Gasteiger charge is 2.56. The second-order valence-electron chi connectivity index (χ2n) is 10.6. The molecular formula is C30H33BClNO6. The molecule has 0 aromatic heterocycles. The molecule has 2 N–H and O–H groups in total. The Kier molecular flexibility index (Phi) is 8.17. The van der Waals surface area contributed by atoms with Gasteiger partial charge in [-0.25, -0.2) is 0 Å². The second-order valence-corrected chi connectivity index (χ2v) is 11.0. The van der Waals surface area contributed by atoms with Crippen molar-refractivity contribution in [1.82, 2.24) is 4.90 Å². The molecule has 0 spiro atoms. The SMILES string of the molecule is CC/C(=C\c1ccc(O)cc1Cl)CC[C@H]1OB(O)C[C@H]2C1=C(COc1ccccc1)C[C@H]1C(=O)N(C)C(=O)[C@H]12. The Morgan fingerprint density at radius 1 is 1.18 bits per heavy atom. The lowest BCUT2D eigenvalue weighted by Gasteiger charge is -2.43. The van der Waals surface area contributed by atoms with E-state index in [1.807, 2.05) is 36.4 Å². The van der Waals surface area contributed by atoms with Crippen molar-refractivity contribution >= 4 is 36.6 Å². The number of ether oxygens (including phenoxy) is 1. The van der Waals surface area contributed by atoms with Gasteiger partial charge < -0.3 is 19.5 Å². The molecular weight excluding hydrogens is 517 g/mol. The van der Waals surface area contributed by atoms with E-state index >= 15 is 0 Å². The van der Waals surface area contributed by atoms with Gasteiger partial charge in [-0.3, -0.25) is 14.5 Å². The summed E-state index contributed by atoms with van der Waals surface area (Å²) in [4.78, 5) is 27.4. The predicted molar refractivity (Wildman–Crippen MR) is 150 cm³/mol. The summed E-state index contributed by atoms with van der Waals surface area (Å²) in [7, 11) is 0.524. The fourth-order valence-corrected chi connectivity index (χ4v) is 6.49. The average molecular weight is 550 g/mol. The first-order chi connectivity index (χ1) is 18.8. The van der Waals surface area contributed by atoms with Crippen LogP contribution in [0.5, 0.6) is 11.5 Å². The third-order valence-electron chi connectivity index (χ3n) is 8.21. The van der Waals surface area contributed by atoms with Crippen molar-refractivity contribution in [2.45, 2.75) is 45.0 Å². The summed E-state index contributed by atoms with van der Waals surface area (Å²) >= 11 is 6.34. The third-order valence-corrected chi connectivity index (χ3v) is 8.54. The number of likely N-dealkylation sites (tertiary alicyclic amines) is 1. The fourth-order valence-electron chi connectivity index (χ4n) is 6.26. The number of fused-ring (bicyclic) bond motifs is 3. The molecule has 2 saturated heterocycles. The van der Waals surface area contributed by atoms with E-state index in [0.717, 1.165) is 34.5 Å². The number of halogens is 1. The van der Waals surface area contributed by atoms with E-state index < -0.39 is 25.1 Å². The topological polar surface area (TPSA) is 96.3 Å². The summed E-state index contributed by atoms with van der Waals surface area (Å²) in [5.74, 6) is -0.723. The molecule has 1 aliphatic carbocycles. The van der Waals surface area contributed by atoms with Gasteiger partial charge in [-0.05, 0) is 85.0 Å². The Labute approximate surface area is 234 Å². The summed E-state index contributed by atoms with van der Waals surface area (Å²) in [6, 6.07) is 14.4. The van der Waals surface area contributed by atoms with E-state index in [1.54, 1.807) is 19.2 Å². The number of benzene rings is 2. The molecule has 2 aliphatic heterocycles. The molecule has 204 valence electrons. The zero-order chi connectivity index (χ0) is 27.7. The van der Waals surface area contributed by atoms with Gasteiger partial charge in [0.2, 0.25) is 11.8 Å². The molecule has 39 heavy (non-hydrogen) atoms. The number of para-hydroxylation sites is 1. The van der Waals surface area contributed by atoms with Crippen molar-refractivity contribution in [3.8, 4) is 11.5 Å². The quantitative estimate of drug-likeness (QED) is 0.269.